The maximum atomic E-state index is 13.9. The molecule has 0 aliphatic carbocycles. The summed E-state index contributed by atoms with van der Waals surface area (Å²) in [5.41, 5.74) is 6.53. The van der Waals surface area contributed by atoms with Gasteiger partial charge in [-0.15, -0.1) is 0 Å². The van der Waals surface area contributed by atoms with Gasteiger partial charge >= 0.3 is 0 Å². The van der Waals surface area contributed by atoms with Gasteiger partial charge < -0.3 is 10.7 Å². The van der Waals surface area contributed by atoms with E-state index >= 15 is 0 Å². The lowest BCUT2D eigenvalue weighted by Gasteiger charge is -2.05. The minimum atomic E-state index is -0.844. The van der Waals surface area contributed by atoms with Gasteiger partial charge in [0.15, 0.2) is 0 Å². The first-order valence-corrected chi connectivity index (χ1v) is 6.45. The molecule has 0 radical (unpaired) electrons. The fourth-order valence-electron chi connectivity index (χ4n) is 2.24. The average Bonchev–Trinajstić information content (AvgIpc) is 2.88. The average molecular weight is 299 g/mol. The second kappa shape index (κ2) is 5.40. The number of fused-ring (bicyclic) bond motifs is 1. The summed E-state index contributed by atoms with van der Waals surface area (Å²) in [6.07, 6.45) is 4.72. The smallest absolute Gasteiger partial charge is 0.249 e. The van der Waals surface area contributed by atoms with Crippen molar-refractivity contribution in [3.05, 3.63) is 65.5 Å². The molecular formula is C16H11F2N3O. The van der Waals surface area contributed by atoms with Gasteiger partial charge in [-0.1, -0.05) is 0 Å². The number of hydrogen-bond acceptors (Lipinski definition) is 2. The number of benzene rings is 1. The van der Waals surface area contributed by atoms with Crippen LogP contribution in [0.1, 0.15) is 11.1 Å². The highest BCUT2D eigenvalue weighted by molar-refractivity contribution is 6.24. The Labute approximate surface area is 124 Å². The maximum Gasteiger partial charge on any atom is 0.249 e. The molecule has 1 aromatic carbocycles. The number of hydrogen-bond donors (Lipinski definition) is 2. The first-order chi connectivity index (χ1) is 10.6. The van der Waals surface area contributed by atoms with Gasteiger partial charge in [-0.2, -0.15) is 0 Å². The Hall–Kier alpha value is -3.02. The molecule has 2 heterocycles. The van der Waals surface area contributed by atoms with Crippen molar-refractivity contribution in [1.82, 2.24) is 9.97 Å². The lowest BCUT2D eigenvalue weighted by atomic mass is 10.0. The van der Waals surface area contributed by atoms with E-state index in [1.165, 1.54) is 12.1 Å². The van der Waals surface area contributed by atoms with Crippen molar-refractivity contribution in [2.45, 2.75) is 0 Å². The van der Waals surface area contributed by atoms with Crippen molar-refractivity contribution < 1.29 is 13.6 Å². The molecule has 3 rings (SSSR count). The van der Waals surface area contributed by atoms with Crippen molar-refractivity contribution in [1.29, 1.82) is 0 Å². The molecule has 4 nitrogen and oxygen atoms in total. The molecule has 0 atom stereocenters. The molecule has 0 aliphatic rings. The first-order valence-electron chi connectivity index (χ1n) is 6.45. The van der Waals surface area contributed by atoms with Crippen molar-refractivity contribution in [2.24, 2.45) is 5.73 Å². The van der Waals surface area contributed by atoms with Crippen LogP contribution in [0.15, 0.2) is 42.7 Å². The maximum absolute atomic E-state index is 13.9. The van der Waals surface area contributed by atoms with Crippen molar-refractivity contribution >= 4 is 28.6 Å². The molecule has 1 amide bonds. The zero-order valence-electron chi connectivity index (χ0n) is 11.3. The van der Waals surface area contributed by atoms with E-state index < -0.39 is 17.5 Å². The van der Waals surface area contributed by atoms with Crippen LogP contribution in [0.25, 0.3) is 22.7 Å². The predicted octanol–water partition coefficient (Wildman–Crippen LogP) is 2.87. The number of nitrogens with two attached hydrogens (primary N) is 1. The number of nitrogens with one attached hydrogen (secondary N) is 1. The third-order valence-electron chi connectivity index (χ3n) is 3.27. The van der Waals surface area contributed by atoms with Gasteiger partial charge in [0, 0.05) is 40.5 Å². The van der Waals surface area contributed by atoms with Crippen LogP contribution >= 0.6 is 0 Å². The summed E-state index contributed by atoms with van der Waals surface area (Å²) in [6.45, 7) is 0. The Balaban J connectivity index is 2.17. The molecular weight excluding hydrogens is 288 g/mol. The van der Waals surface area contributed by atoms with Crippen molar-refractivity contribution in [2.75, 3.05) is 0 Å². The molecule has 0 fully saturated rings. The number of carbonyl (C=O) groups excluding carboxylic acids is 1. The van der Waals surface area contributed by atoms with Gasteiger partial charge in [0.2, 0.25) is 5.91 Å². The normalized spacial score (nSPS) is 11.8. The van der Waals surface area contributed by atoms with Crippen LogP contribution in [0.3, 0.4) is 0 Å². The van der Waals surface area contributed by atoms with E-state index in [4.69, 9.17) is 5.73 Å². The predicted molar refractivity (Wildman–Crippen MR) is 79.5 cm³/mol. The third kappa shape index (κ3) is 2.46. The molecule has 22 heavy (non-hydrogen) atoms. The zero-order valence-corrected chi connectivity index (χ0v) is 11.3. The van der Waals surface area contributed by atoms with Gasteiger partial charge in [0.1, 0.15) is 17.3 Å². The van der Waals surface area contributed by atoms with Crippen LogP contribution in [-0.4, -0.2) is 15.9 Å². The van der Waals surface area contributed by atoms with E-state index in [2.05, 4.69) is 9.97 Å². The molecule has 6 heteroatoms. The lowest BCUT2D eigenvalue weighted by Crippen LogP contribution is -2.14. The van der Waals surface area contributed by atoms with E-state index in [0.717, 1.165) is 11.5 Å². The molecule has 0 unspecified atom stereocenters. The van der Waals surface area contributed by atoms with E-state index in [9.17, 15) is 13.6 Å². The number of nitrogens with zero attached hydrogens (tertiary/aromatic N) is 1. The van der Waals surface area contributed by atoms with E-state index in [1.807, 2.05) is 6.07 Å². The Morgan fingerprint density at radius 2 is 2.09 bits per heavy atom. The van der Waals surface area contributed by atoms with Crippen LogP contribution in [0.2, 0.25) is 0 Å². The molecule has 0 bridgehead atoms. The summed E-state index contributed by atoms with van der Waals surface area (Å²) in [7, 11) is 0. The first kappa shape index (κ1) is 13.9. The van der Waals surface area contributed by atoms with Crippen LogP contribution in [0, 0.1) is 11.6 Å². The minimum Gasteiger partial charge on any atom is -0.366 e. The summed E-state index contributed by atoms with van der Waals surface area (Å²) < 4.78 is 26.9. The van der Waals surface area contributed by atoms with Gasteiger partial charge in [-0.05, 0) is 30.3 Å². The number of aromatic amines is 1. The summed E-state index contributed by atoms with van der Waals surface area (Å²) in [5, 5.41) is 0.767. The summed E-state index contributed by atoms with van der Waals surface area (Å²) in [5.74, 6) is -2.37. The molecule has 0 saturated carbocycles. The minimum absolute atomic E-state index is 0.0396. The topological polar surface area (TPSA) is 71.8 Å². The standard InChI is InChI=1S/C16H11F2N3O/c17-10-3-4-12(14(18)7-10)13(15(19)22)6-9-8-21-16-11(9)2-1-5-20-16/h1-8H,(H2,19,22)(H,20,21). The Bertz CT molecular complexity index is 899. The second-order valence-electron chi connectivity index (χ2n) is 4.69. The Morgan fingerprint density at radius 1 is 1.27 bits per heavy atom. The summed E-state index contributed by atoms with van der Waals surface area (Å²) >= 11 is 0. The van der Waals surface area contributed by atoms with Crippen LogP contribution in [0.5, 0.6) is 0 Å². The van der Waals surface area contributed by atoms with Crippen LogP contribution in [0.4, 0.5) is 8.78 Å². The number of amides is 1. The molecule has 3 N–H and O–H groups in total. The van der Waals surface area contributed by atoms with Gasteiger partial charge in [0.05, 0.1) is 0 Å². The highest BCUT2D eigenvalue weighted by atomic mass is 19.1. The number of rotatable bonds is 3. The fraction of sp³-hybridized carbons (Fsp3) is 0. The molecule has 2 aromatic heterocycles. The SMILES string of the molecule is NC(=O)C(=Cc1c[nH]c2ncccc12)c1ccc(F)cc1F. The number of aromatic nitrogens is 2. The number of carbonyl (C=O) groups is 1. The summed E-state index contributed by atoms with van der Waals surface area (Å²) in [6, 6.07) is 6.53. The van der Waals surface area contributed by atoms with E-state index in [0.29, 0.717) is 17.3 Å². The number of halogens is 2. The Morgan fingerprint density at radius 3 is 2.82 bits per heavy atom. The summed E-state index contributed by atoms with van der Waals surface area (Å²) in [4.78, 5) is 18.7. The highest BCUT2D eigenvalue weighted by Crippen LogP contribution is 2.25. The number of H-pyrrole nitrogens is 1. The second-order valence-corrected chi connectivity index (χ2v) is 4.69. The van der Waals surface area contributed by atoms with Crippen LogP contribution < -0.4 is 5.73 Å². The van der Waals surface area contributed by atoms with E-state index in [1.54, 1.807) is 18.5 Å². The zero-order chi connectivity index (χ0) is 15.7. The van der Waals surface area contributed by atoms with Crippen molar-refractivity contribution in [3.8, 4) is 0 Å². The van der Waals surface area contributed by atoms with E-state index in [-0.39, 0.29) is 11.1 Å². The number of pyridine rings is 1. The monoisotopic (exact) mass is 299 g/mol. The Kier molecular flexibility index (Phi) is 3.42. The molecule has 3 aromatic rings. The third-order valence-corrected chi connectivity index (χ3v) is 3.27. The number of primary amides is 1. The van der Waals surface area contributed by atoms with Gasteiger partial charge in [0.25, 0.3) is 0 Å². The molecule has 0 saturated heterocycles. The fourth-order valence-corrected chi connectivity index (χ4v) is 2.24. The van der Waals surface area contributed by atoms with Gasteiger partial charge in [-0.3, -0.25) is 4.79 Å². The molecule has 0 aliphatic heterocycles. The molecule has 110 valence electrons. The molecule has 0 spiro atoms. The lowest BCUT2D eigenvalue weighted by molar-refractivity contribution is -0.112. The highest BCUT2D eigenvalue weighted by Gasteiger charge is 2.15. The quantitative estimate of drug-likeness (QED) is 0.730. The van der Waals surface area contributed by atoms with Crippen LogP contribution in [-0.2, 0) is 4.79 Å². The van der Waals surface area contributed by atoms with Crippen molar-refractivity contribution in [3.63, 3.8) is 0 Å². The van der Waals surface area contributed by atoms with Gasteiger partial charge in [-0.25, -0.2) is 13.8 Å². The largest absolute Gasteiger partial charge is 0.366 e.